The van der Waals surface area contributed by atoms with E-state index in [-0.39, 0.29) is 0 Å². The van der Waals surface area contributed by atoms with Crippen molar-refractivity contribution in [3.8, 4) is 11.5 Å². The lowest BCUT2D eigenvalue weighted by Gasteiger charge is -2.08. The van der Waals surface area contributed by atoms with Gasteiger partial charge in [-0.25, -0.2) is 4.68 Å². The van der Waals surface area contributed by atoms with Crippen LogP contribution in [0.25, 0.3) is 0 Å². The van der Waals surface area contributed by atoms with Gasteiger partial charge in [0.05, 0.1) is 6.21 Å². The number of benzene rings is 2. The predicted molar refractivity (Wildman–Crippen MR) is 91.6 cm³/mol. The fourth-order valence-corrected chi connectivity index (χ4v) is 1.99. The standard InChI is InChI=1S/C18H18N4O2/c1-15-2-6-17(7-3-15)23-10-11-24-18-8-4-16(5-9-18)12-21-22-13-19-20-14-22/h2-9,12-14H,10-11H2,1H3/b21-12+. The van der Waals surface area contributed by atoms with Crippen LogP contribution in [0.2, 0.25) is 0 Å². The SMILES string of the molecule is Cc1ccc(OCCOc2ccc(/C=N/n3cnnc3)cc2)cc1. The molecule has 0 spiro atoms. The Balaban J connectivity index is 1.43. The first-order valence-corrected chi connectivity index (χ1v) is 7.61. The second-order valence-corrected chi connectivity index (χ2v) is 5.17. The summed E-state index contributed by atoms with van der Waals surface area (Å²) >= 11 is 0. The minimum atomic E-state index is 0.488. The molecule has 24 heavy (non-hydrogen) atoms. The fourth-order valence-electron chi connectivity index (χ4n) is 1.99. The molecule has 0 atom stereocenters. The molecule has 1 heterocycles. The van der Waals surface area contributed by atoms with Crippen LogP contribution >= 0.6 is 0 Å². The van der Waals surface area contributed by atoms with Gasteiger partial charge in [0.1, 0.15) is 37.4 Å². The second-order valence-electron chi connectivity index (χ2n) is 5.17. The quantitative estimate of drug-likeness (QED) is 0.496. The zero-order valence-electron chi connectivity index (χ0n) is 13.4. The van der Waals surface area contributed by atoms with Gasteiger partial charge < -0.3 is 9.47 Å². The molecule has 0 saturated carbocycles. The summed E-state index contributed by atoms with van der Waals surface area (Å²) in [4.78, 5) is 0. The number of aromatic nitrogens is 3. The van der Waals surface area contributed by atoms with E-state index in [1.165, 1.54) is 22.9 Å². The summed E-state index contributed by atoms with van der Waals surface area (Å²) in [5.41, 5.74) is 2.18. The lowest BCUT2D eigenvalue weighted by Crippen LogP contribution is -2.08. The topological polar surface area (TPSA) is 61.5 Å². The van der Waals surface area contributed by atoms with Gasteiger partial charge in [0.15, 0.2) is 0 Å². The van der Waals surface area contributed by atoms with Crippen molar-refractivity contribution in [2.75, 3.05) is 13.2 Å². The van der Waals surface area contributed by atoms with E-state index in [0.717, 1.165) is 17.1 Å². The van der Waals surface area contributed by atoms with Gasteiger partial charge in [0, 0.05) is 0 Å². The van der Waals surface area contributed by atoms with Crippen molar-refractivity contribution in [2.45, 2.75) is 6.92 Å². The summed E-state index contributed by atoms with van der Waals surface area (Å²) in [5, 5.41) is 11.6. The molecule has 3 aromatic rings. The van der Waals surface area contributed by atoms with Crippen LogP contribution in [0.4, 0.5) is 0 Å². The van der Waals surface area contributed by atoms with Crippen molar-refractivity contribution in [2.24, 2.45) is 5.10 Å². The molecular formula is C18H18N4O2. The monoisotopic (exact) mass is 322 g/mol. The lowest BCUT2D eigenvalue weighted by atomic mass is 10.2. The summed E-state index contributed by atoms with van der Waals surface area (Å²) in [7, 11) is 0. The van der Waals surface area contributed by atoms with Crippen molar-refractivity contribution in [1.82, 2.24) is 14.9 Å². The Kier molecular flexibility index (Phi) is 5.19. The van der Waals surface area contributed by atoms with Crippen LogP contribution in [0.5, 0.6) is 11.5 Å². The van der Waals surface area contributed by atoms with Crippen molar-refractivity contribution < 1.29 is 9.47 Å². The van der Waals surface area contributed by atoms with Gasteiger partial charge in [-0.3, -0.25) is 0 Å². The van der Waals surface area contributed by atoms with Crippen LogP contribution in [-0.4, -0.2) is 34.3 Å². The van der Waals surface area contributed by atoms with Crippen LogP contribution in [0, 0.1) is 6.92 Å². The smallest absolute Gasteiger partial charge is 0.141 e. The molecule has 1 aromatic heterocycles. The Labute approximate surface area is 140 Å². The van der Waals surface area contributed by atoms with Gasteiger partial charge in [0.25, 0.3) is 0 Å². The van der Waals surface area contributed by atoms with Gasteiger partial charge in [-0.2, -0.15) is 5.10 Å². The zero-order valence-corrected chi connectivity index (χ0v) is 13.4. The molecule has 3 rings (SSSR count). The summed E-state index contributed by atoms with van der Waals surface area (Å²) in [6.07, 6.45) is 4.79. The zero-order chi connectivity index (χ0) is 16.6. The number of hydrogen-bond acceptors (Lipinski definition) is 5. The van der Waals surface area contributed by atoms with Crippen LogP contribution in [0.3, 0.4) is 0 Å². The van der Waals surface area contributed by atoms with Gasteiger partial charge in [-0.1, -0.05) is 17.7 Å². The molecule has 2 aromatic carbocycles. The average Bonchev–Trinajstić information content (AvgIpc) is 3.13. The molecule has 0 saturated heterocycles. The van der Waals surface area contributed by atoms with E-state index in [2.05, 4.69) is 15.3 Å². The van der Waals surface area contributed by atoms with E-state index >= 15 is 0 Å². The number of aryl methyl sites for hydroxylation is 1. The van der Waals surface area contributed by atoms with Crippen molar-refractivity contribution >= 4 is 6.21 Å². The molecule has 6 heteroatoms. The maximum atomic E-state index is 5.66. The third-order valence-electron chi connectivity index (χ3n) is 3.27. The highest BCUT2D eigenvalue weighted by atomic mass is 16.5. The lowest BCUT2D eigenvalue weighted by molar-refractivity contribution is 0.217. The number of ether oxygens (including phenoxy) is 2. The molecule has 0 aliphatic rings. The second kappa shape index (κ2) is 7.92. The molecule has 0 bridgehead atoms. The summed E-state index contributed by atoms with van der Waals surface area (Å²) in [6, 6.07) is 15.6. The molecular weight excluding hydrogens is 304 g/mol. The van der Waals surface area contributed by atoms with Crippen molar-refractivity contribution in [1.29, 1.82) is 0 Å². The molecule has 6 nitrogen and oxygen atoms in total. The van der Waals surface area contributed by atoms with Gasteiger partial charge >= 0.3 is 0 Å². The minimum absolute atomic E-state index is 0.488. The van der Waals surface area contributed by atoms with E-state index in [1.807, 2.05) is 55.5 Å². The highest BCUT2D eigenvalue weighted by molar-refractivity contribution is 5.79. The maximum absolute atomic E-state index is 5.66. The highest BCUT2D eigenvalue weighted by Crippen LogP contribution is 2.13. The summed E-state index contributed by atoms with van der Waals surface area (Å²) in [5.74, 6) is 1.65. The molecule has 0 N–H and O–H groups in total. The Bertz CT molecular complexity index is 766. The fraction of sp³-hybridized carbons (Fsp3) is 0.167. The first-order valence-electron chi connectivity index (χ1n) is 7.61. The van der Waals surface area contributed by atoms with Crippen LogP contribution in [-0.2, 0) is 0 Å². The maximum Gasteiger partial charge on any atom is 0.141 e. The van der Waals surface area contributed by atoms with Crippen LogP contribution in [0.1, 0.15) is 11.1 Å². The average molecular weight is 322 g/mol. The third-order valence-corrected chi connectivity index (χ3v) is 3.27. The van der Waals surface area contributed by atoms with E-state index in [0.29, 0.717) is 13.2 Å². The molecule has 0 aliphatic carbocycles. The molecule has 0 amide bonds. The number of hydrogen-bond donors (Lipinski definition) is 0. The molecule has 122 valence electrons. The Hall–Kier alpha value is -3.15. The van der Waals surface area contributed by atoms with E-state index in [4.69, 9.17) is 9.47 Å². The van der Waals surface area contributed by atoms with Gasteiger partial charge in [-0.05, 0) is 48.9 Å². The minimum Gasteiger partial charge on any atom is -0.490 e. The normalized spacial score (nSPS) is 10.9. The van der Waals surface area contributed by atoms with Crippen LogP contribution in [0.15, 0.2) is 66.3 Å². The van der Waals surface area contributed by atoms with Crippen molar-refractivity contribution in [3.63, 3.8) is 0 Å². The predicted octanol–water partition coefficient (Wildman–Crippen LogP) is 2.93. The summed E-state index contributed by atoms with van der Waals surface area (Å²) in [6.45, 7) is 3.04. The van der Waals surface area contributed by atoms with Crippen LogP contribution < -0.4 is 9.47 Å². The molecule has 0 radical (unpaired) electrons. The van der Waals surface area contributed by atoms with E-state index < -0.39 is 0 Å². The van der Waals surface area contributed by atoms with E-state index in [9.17, 15) is 0 Å². The Morgan fingerprint density at radius 3 is 2.00 bits per heavy atom. The van der Waals surface area contributed by atoms with E-state index in [1.54, 1.807) is 6.21 Å². The van der Waals surface area contributed by atoms with Gasteiger partial charge in [-0.15, -0.1) is 10.2 Å². The Morgan fingerprint density at radius 1 is 0.875 bits per heavy atom. The van der Waals surface area contributed by atoms with Crippen molar-refractivity contribution in [3.05, 3.63) is 72.3 Å². The third kappa shape index (κ3) is 4.67. The first-order chi connectivity index (χ1) is 11.8. The molecule has 0 unspecified atom stereocenters. The molecule has 0 aliphatic heterocycles. The molecule has 0 fully saturated rings. The first kappa shape index (κ1) is 15.7. The number of nitrogens with zero attached hydrogens (tertiary/aromatic N) is 4. The Morgan fingerprint density at radius 2 is 1.42 bits per heavy atom. The largest absolute Gasteiger partial charge is 0.490 e. The summed E-state index contributed by atoms with van der Waals surface area (Å²) < 4.78 is 12.8. The highest BCUT2D eigenvalue weighted by Gasteiger charge is 1.96. The van der Waals surface area contributed by atoms with Gasteiger partial charge in [0.2, 0.25) is 0 Å². The number of rotatable bonds is 7.